The fourth-order valence-corrected chi connectivity index (χ4v) is 5.19. The predicted octanol–water partition coefficient (Wildman–Crippen LogP) is 6.80. The number of carboxylic acid groups (broad SMARTS) is 1. The number of hydrogen-bond donors (Lipinski definition) is 2. The minimum absolute atomic E-state index is 0.0137. The number of carbonyl (C=O) groups excluding carboxylic acids is 2. The standard InChI is InChI=1S/C28H34Cl2N2O5/c1-28(2,3)20-8-10-23(11-9-20)32(27(36)37-24-15-21(29)14-22(30)16-24)17-18-4-6-19(7-5-18)26(35)31-13-12-25(33)34/h4-7,14-16,20,23H,8-13,17H2,1-3H3,(H,31,35)(H,33,34). The average Bonchev–Trinajstić information content (AvgIpc) is 2.81. The Morgan fingerprint density at radius 2 is 1.59 bits per heavy atom. The second-order valence-corrected chi connectivity index (χ2v) is 11.4. The van der Waals surface area contributed by atoms with Crippen LogP contribution in [0.15, 0.2) is 42.5 Å². The molecule has 1 aliphatic carbocycles. The van der Waals surface area contributed by atoms with Crippen molar-refractivity contribution >= 4 is 41.2 Å². The third kappa shape index (κ3) is 8.64. The van der Waals surface area contributed by atoms with Gasteiger partial charge in [-0.3, -0.25) is 9.59 Å². The normalized spacial score (nSPS) is 17.6. The van der Waals surface area contributed by atoms with E-state index in [0.717, 1.165) is 31.2 Å². The molecule has 0 unspecified atom stereocenters. The zero-order valence-corrected chi connectivity index (χ0v) is 22.9. The first-order valence-corrected chi connectivity index (χ1v) is 13.2. The summed E-state index contributed by atoms with van der Waals surface area (Å²) in [5.41, 5.74) is 1.48. The summed E-state index contributed by atoms with van der Waals surface area (Å²) in [5, 5.41) is 12.1. The smallest absolute Gasteiger partial charge is 0.415 e. The van der Waals surface area contributed by atoms with E-state index in [4.69, 9.17) is 33.0 Å². The van der Waals surface area contributed by atoms with Crippen LogP contribution in [0.4, 0.5) is 4.79 Å². The minimum Gasteiger partial charge on any atom is -0.481 e. The summed E-state index contributed by atoms with van der Waals surface area (Å²) in [6.07, 6.45) is 3.17. The van der Waals surface area contributed by atoms with Gasteiger partial charge in [-0.15, -0.1) is 0 Å². The Bertz CT molecular complexity index is 1090. The molecule has 0 aliphatic heterocycles. The third-order valence-corrected chi connectivity index (χ3v) is 7.27. The van der Waals surface area contributed by atoms with Crippen molar-refractivity contribution in [1.29, 1.82) is 0 Å². The Balaban J connectivity index is 1.74. The molecule has 0 aromatic heterocycles. The highest BCUT2D eigenvalue weighted by atomic mass is 35.5. The molecule has 2 aromatic rings. The lowest BCUT2D eigenvalue weighted by Crippen LogP contribution is -2.44. The van der Waals surface area contributed by atoms with Crippen molar-refractivity contribution in [2.24, 2.45) is 11.3 Å². The molecule has 1 fully saturated rings. The molecule has 0 bridgehead atoms. The lowest BCUT2D eigenvalue weighted by atomic mass is 9.71. The number of hydrogen-bond acceptors (Lipinski definition) is 4. The Morgan fingerprint density at radius 1 is 1.00 bits per heavy atom. The molecular weight excluding hydrogens is 515 g/mol. The maximum absolute atomic E-state index is 13.4. The van der Waals surface area contributed by atoms with E-state index in [1.165, 1.54) is 0 Å². The fraction of sp³-hybridized carbons (Fsp3) is 0.464. The zero-order chi connectivity index (χ0) is 27.2. The van der Waals surface area contributed by atoms with Gasteiger partial charge in [-0.2, -0.15) is 0 Å². The molecule has 3 rings (SSSR count). The van der Waals surface area contributed by atoms with Gasteiger partial charge in [0.15, 0.2) is 0 Å². The third-order valence-electron chi connectivity index (χ3n) is 6.83. The summed E-state index contributed by atoms with van der Waals surface area (Å²) in [6.45, 7) is 7.14. The van der Waals surface area contributed by atoms with E-state index in [-0.39, 0.29) is 36.1 Å². The number of halogens is 2. The molecular formula is C28H34Cl2N2O5. The summed E-state index contributed by atoms with van der Waals surface area (Å²) in [4.78, 5) is 38.1. The van der Waals surface area contributed by atoms with Crippen molar-refractivity contribution in [3.8, 4) is 5.75 Å². The number of amides is 2. The molecule has 2 N–H and O–H groups in total. The molecule has 2 aromatic carbocycles. The van der Waals surface area contributed by atoms with E-state index in [9.17, 15) is 14.4 Å². The van der Waals surface area contributed by atoms with E-state index in [1.54, 1.807) is 47.4 Å². The maximum Gasteiger partial charge on any atom is 0.415 e. The molecule has 37 heavy (non-hydrogen) atoms. The molecule has 7 nitrogen and oxygen atoms in total. The molecule has 0 saturated heterocycles. The first-order valence-electron chi connectivity index (χ1n) is 12.5. The molecule has 200 valence electrons. The van der Waals surface area contributed by atoms with Crippen molar-refractivity contribution in [2.45, 2.75) is 65.5 Å². The molecule has 2 amide bonds. The quantitative estimate of drug-likeness (QED) is 0.378. The molecule has 0 radical (unpaired) electrons. The summed E-state index contributed by atoms with van der Waals surface area (Å²) < 4.78 is 5.69. The van der Waals surface area contributed by atoms with Crippen LogP contribution in [-0.4, -0.2) is 40.6 Å². The van der Waals surface area contributed by atoms with Crippen LogP contribution in [0.2, 0.25) is 10.0 Å². The van der Waals surface area contributed by atoms with E-state index >= 15 is 0 Å². The lowest BCUT2D eigenvalue weighted by molar-refractivity contribution is -0.136. The number of benzene rings is 2. The molecule has 1 saturated carbocycles. The van der Waals surface area contributed by atoms with Crippen molar-refractivity contribution in [2.75, 3.05) is 6.54 Å². The second kappa shape index (κ2) is 12.7. The molecule has 0 heterocycles. The van der Waals surface area contributed by atoms with E-state index in [1.807, 2.05) is 0 Å². The van der Waals surface area contributed by atoms with Crippen LogP contribution in [0.25, 0.3) is 0 Å². The first kappa shape index (κ1) is 28.8. The van der Waals surface area contributed by atoms with E-state index < -0.39 is 12.1 Å². The van der Waals surface area contributed by atoms with Gasteiger partial charge in [-0.05, 0) is 72.9 Å². The van der Waals surface area contributed by atoms with Gasteiger partial charge in [-0.25, -0.2) is 4.79 Å². The summed E-state index contributed by atoms with van der Waals surface area (Å²) in [6, 6.07) is 11.6. The maximum atomic E-state index is 13.4. The number of nitrogens with zero attached hydrogens (tertiary/aromatic N) is 1. The number of aliphatic carboxylic acids is 1. The summed E-state index contributed by atoms with van der Waals surface area (Å²) in [5.74, 6) is -0.446. The van der Waals surface area contributed by atoms with Gasteiger partial charge in [0.05, 0.1) is 6.42 Å². The van der Waals surface area contributed by atoms with Gasteiger partial charge in [0.2, 0.25) is 0 Å². The first-order chi connectivity index (χ1) is 17.4. The highest BCUT2D eigenvalue weighted by Gasteiger charge is 2.34. The van der Waals surface area contributed by atoms with E-state index in [0.29, 0.717) is 28.1 Å². The Kier molecular flexibility index (Phi) is 9.85. The highest BCUT2D eigenvalue weighted by Crippen LogP contribution is 2.39. The summed E-state index contributed by atoms with van der Waals surface area (Å²) in [7, 11) is 0. The number of carboxylic acids is 1. The number of nitrogens with one attached hydrogen (secondary N) is 1. The van der Waals surface area contributed by atoms with Crippen LogP contribution in [0.1, 0.15) is 68.8 Å². The summed E-state index contributed by atoms with van der Waals surface area (Å²) >= 11 is 12.2. The van der Waals surface area contributed by atoms with E-state index in [2.05, 4.69) is 26.1 Å². The monoisotopic (exact) mass is 548 g/mol. The topological polar surface area (TPSA) is 95.9 Å². The van der Waals surface area contributed by atoms with Crippen molar-refractivity contribution in [3.63, 3.8) is 0 Å². The number of rotatable bonds is 8. The Labute approximate surface area is 228 Å². The van der Waals surface area contributed by atoms with Crippen LogP contribution >= 0.6 is 23.2 Å². The zero-order valence-electron chi connectivity index (χ0n) is 21.4. The second-order valence-electron chi connectivity index (χ2n) is 10.6. The van der Waals surface area contributed by atoms with Gasteiger partial charge in [0, 0.05) is 34.7 Å². The van der Waals surface area contributed by atoms with Crippen LogP contribution in [0.5, 0.6) is 5.75 Å². The van der Waals surface area contributed by atoms with Crippen LogP contribution in [0.3, 0.4) is 0 Å². The van der Waals surface area contributed by atoms with Crippen molar-refractivity contribution in [1.82, 2.24) is 10.2 Å². The highest BCUT2D eigenvalue weighted by molar-refractivity contribution is 6.34. The largest absolute Gasteiger partial charge is 0.481 e. The predicted molar refractivity (Wildman–Crippen MR) is 144 cm³/mol. The van der Waals surface area contributed by atoms with Gasteiger partial charge in [0.25, 0.3) is 5.91 Å². The number of carbonyl (C=O) groups is 3. The molecule has 0 spiro atoms. The molecule has 0 atom stereocenters. The van der Waals surface area contributed by atoms with Crippen LogP contribution in [0, 0.1) is 11.3 Å². The molecule has 9 heteroatoms. The van der Waals surface area contributed by atoms with Gasteiger partial charge in [0.1, 0.15) is 5.75 Å². The number of ether oxygens (including phenoxy) is 1. The Hall–Kier alpha value is -2.77. The SMILES string of the molecule is CC(C)(C)C1CCC(N(Cc2ccc(C(=O)NCCC(=O)O)cc2)C(=O)Oc2cc(Cl)cc(Cl)c2)CC1. The molecule has 1 aliphatic rings. The Morgan fingerprint density at radius 3 is 2.14 bits per heavy atom. The van der Waals surface area contributed by atoms with Crippen molar-refractivity contribution in [3.05, 3.63) is 63.6 Å². The van der Waals surface area contributed by atoms with Crippen LogP contribution < -0.4 is 10.1 Å². The van der Waals surface area contributed by atoms with Gasteiger partial charge < -0.3 is 20.1 Å². The fourth-order valence-electron chi connectivity index (χ4n) is 4.69. The van der Waals surface area contributed by atoms with Gasteiger partial charge >= 0.3 is 12.1 Å². The van der Waals surface area contributed by atoms with Gasteiger partial charge in [-0.1, -0.05) is 56.1 Å². The van der Waals surface area contributed by atoms with Crippen molar-refractivity contribution < 1.29 is 24.2 Å². The van der Waals surface area contributed by atoms with Crippen LogP contribution in [-0.2, 0) is 11.3 Å². The average molecular weight is 549 g/mol. The minimum atomic E-state index is -0.973. The lowest BCUT2D eigenvalue weighted by Gasteiger charge is -2.40.